The van der Waals surface area contributed by atoms with Crippen molar-refractivity contribution in [2.75, 3.05) is 29.5 Å². The molecule has 1 N–H and O–H groups in total. The van der Waals surface area contributed by atoms with Gasteiger partial charge in [0.15, 0.2) is 0 Å². The lowest BCUT2D eigenvalue weighted by molar-refractivity contribution is -0.143. The van der Waals surface area contributed by atoms with Crippen LogP contribution in [0.5, 0.6) is 0 Å². The molecule has 6 atom stereocenters. The van der Waals surface area contributed by atoms with Crippen LogP contribution in [0.3, 0.4) is 0 Å². The number of thioether (sulfide) groups is 1. The molecule has 0 aliphatic carbocycles. The van der Waals surface area contributed by atoms with E-state index in [9.17, 15) is 14.7 Å². The minimum Gasteiger partial charge on any atom is -0.394 e. The smallest absolute Gasteiger partial charge is 0.251 e. The van der Waals surface area contributed by atoms with Crippen LogP contribution in [0, 0.1) is 31.6 Å². The normalized spacial score (nSPS) is 27.8. The number of aliphatic hydroxyl groups is 1. The predicted molar refractivity (Wildman–Crippen MR) is 179 cm³/mol. The van der Waals surface area contributed by atoms with Crippen molar-refractivity contribution in [1.29, 1.82) is 0 Å². The molecule has 3 fully saturated rings. The molecule has 3 heterocycles. The van der Waals surface area contributed by atoms with Crippen molar-refractivity contribution in [3.8, 4) is 0 Å². The fraction of sp³-hybridized carbons (Fsp3) is 0.472. The molecule has 3 aliphatic heterocycles. The molecule has 234 valence electrons. The molecule has 0 radical (unpaired) electrons. The van der Waals surface area contributed by atoms with Gasteiger partial charge < -0.3 is 19.8 Å². The topological polar surface area (TPSA) is 81.2 Å². The lowest BCUT2D eigenvalue weighted by Crippen LogP contribution is -2.58. The fourth-order valence-electron chi connectivity index (χ4n) is 8.02. The number of rotatable bonds is 11. The van der Waals surface area contributed by atoms with Crippen molar-refractivity contribution in [3.05, 3.63) is 85.0 Å². The van der Waals surface area contributed by atoms with E-state index in [0.717, 1.165) is 22.5 Å². The molecule has 0 saturated carbocycles. The molecule has 2 bridgehead atoms. The highest BCUT2D eigenvalue weighted by atomic mass is 32.2. The predicted octanol–water partition coefficient (Wildman–Crippen LogP) is 5.54. The van der Waals surface area contributed by atoms with E-state index in [0.29, 0.717) is 19.4 Å². The van der Waals surface area contributed by atoms with Gasteiger partial charge in [-0.05, 0) is 62.8 Å². The van der Waals surface area contributed by atoms with Crippen LogP contribution >= 0.6 is 11.8 Å². The van der Waals surface area contributed by atoms with Gasteiger partial charge in [-0.1, -0.05) is 62.4 Å². The van der Waals surface area contributed by atoms with Gasteiger partial charge in [0.2, 0.25) is 11.8 Å². The Bertz CT molecular complexity index is 1440. The summed E-state index contributed by atoms with van der Waals surface area (Å²) in [6.07, 6.45) is 4.77. The van der Waals surface area contributed by atoms with E-state index < -0.39 is 33.4 Å². The number of carbonyl (C=O) groups is 3. The zero-order chi connectivity index (χ0) is 32.0. The van der Waals surface area contributed by atoms with Crippen molar-refractivity contribution in [2.24, 2.45) is 17.8 Å². The molecule has 0 aromatic heterocycles. The lowest BCUT2D eigenvalue weighted by Gasteiger charge is -2.41. The third-order valence-corrected chi connectivity index (χ3v) is 11.9. The second kappa shape index (κ2) is 12.2. The van der Waals surface area contributed by atoms with Crippen molar-refractivity contribution in [3.63, 3.8) is 0 Å². The minimum absolute atomic E-state index is 0.101. The van der Waals surface area contributed by atoms with Crippen molar-refractivity contribution in [2.45, 2.75) is 69.0 Å². The largest absolute Gasteiger partial charge is 0.394 e. The Morgan fingerprint density at radius 2 is 1.61 bits per heavy atom. The van der Waals surface area contributed by atoms with Crippen LogP contribution in [0.2, 0.25) is 0 Å². The van der Waals surface area contributed by atoms with Crippen LogP contribution in [0.4, 0.5) is 11.4 Å². The number of likely N-dealkylation sites (tertiary alicyclic amines) is 1. The summed E-state index contributed by atoms with van der Waals surface area (Å²) in [6.45, 7) is 18.2. The summed E-state index contributed by atoms with van der Waals surface area (Å²) in [5, 5.41) is 10.7. The summed E-state index contributed by atoms with van der Waals surface area (Å²) in [5.74, 6) is -1.95. The van der Waals surface area contributed by atoms with Gasteiger partial charge in [-0.25, -0.2) is 0 Å². The van der Waals surface area contributed by atoms with Crippen LogP contribution < -0.4 is 9.80 Å². The maximum Gasteiger partial charge on any atom is 0.251 e. The number of amides is 3. The SMILES string of the molecule is C=CCN(C(=O)[C@@H]1[C@H]2C(=O)N([C@@H](CO)C(C)C)C(C(=O)N(CC=C)c3c(C)cccc3C)C23CC[C@@]1(C)S3)c1ccccc1. The number of fused-ring (bicyclic) bond motifs is 1. The van der Waals surface area contributed by atoms with Gasteiger partial charge in [-0.15, -0.1) is 24.9 Å². The number of aliphatic hydroxyl groups excluding tert-OH is 1. The number of benzene rings is 2. The monoisotopic (exact) mass is 615 g/mol. The first-order valence-corrected chi connectivity index (χ1v) is 16.4. The quantitative estimate of drug-likeness (QED) is 0.336. The van der Waals surface area contributed by atoms with Gasteiger partial charge in [0, 0.05) is 29.2 Å². The fourth-order valence-corrected chi connectivity index (χ4v) is 10.4. The number of carbonyl (C=O) groups excluding carboxylic acids is 3. The molecular formula is C36H45N3O4S. The number of nitrogens with zero attached hydrogens (tertiary/aromatic N) is 3. The van der Waals surface area contributed by atoms with Crippen LogP contribution in [-0.2, 0) is 14.4 Å². The third-order valence-electron chi connectivity index (χ3n) is 9.96. The Balaban J connectivity index is 1.67. The maximum absolute atomic E-state index is 15.1. The first-order valence-electron chi connectivity index (χ1n) is 15.6. The van der Waals surface area contributed by atoms with Gasteiger partial charge in [0.1, 0.15) is 6.04 Å². The van der Waals surface area contributed by atoms with Crippen LogP contribution in [0.1, 0.15) is 44.7 Å². The maximum atomic E-state index is 15.1. The molecule has 2 unspecified atom stereocenters. The molecular weight excluding hydrogens is 570 g/mol. The van der Waals surface area contributed by atoms with Gasteiger partial charge in [-0.3, -0.25) is 14.4 Å². The minimum atomic E-state index is -0.840. The standard InChI is InChI=1S/C36H45N3O4S/c1-8-20-37(26-16-11-10-12-17-26)32(41)28-29-33(42)39(27(22-40)23(3)4)31(36(29)19-18-35(28,7)44-36)34(43)38(21-9-2)30-24(5)14-13-15-25(30)6/h8-17,23,27-29,31,40H,1-2,18-22H2,3-7H3/t27-,28-,29-,31?,35+,36?/m0/s1. The third kappa shape index (κ3) is 4.91. The molecule has 5 rings (SSSR count). The molecule has 8 heteroatoms. The van der Waals surface area contributed by atoms with Crippen LogP contribution in [-0.4, -0.2) is 69.0 Å². The second-order valence-electron chi connectivity index (χ2n) is 13.0. The van der Waals surface area contributed by atoms with Crippen LogP contribution in [0.25, 0.3) is 0 Å². The first kappa shape index (κ1) is 32.0. The molecule has 3 saturated heterocycles. The van der Waals surface area contributed by atoms with Crippen molar-refractivity contribution in [1.82, 2.24) is 4.90 Å². The van der Waals surface area contributed by atoms with E-state index in [2.05, 4.69) is 20.1 Å². The second-order valence-corrected chi connectivity index (χ2v) is 14.9. The number of anilines is 2. The summed E-state index contributed by atoms with van der Waals surface area (Å²) in [7, 11) is 0. The van der Waals surface area contributed by atoms with E-state index in [1.165, 1.54) is 0 Å². The van der Waals surface area contributed by atoms with E-state index >= 15 is 4.79 Å². The molecule has 3 amide bonds. The summed E-state index contributed by atoms with van der Waals surface area (Å²) in [4.78, 5) is 49.7. The summed E-state index contributed by atoms with van der Waals surface area (Å²) in [5.41, 5.74) is 3.48. The summed E-state index contributed by atoms with van der Waals surface area (Å²) < 4.78 is -1.33. The number of hydrogen-bond donors (Lipinski definition) is 1. The Morgan fingerprint density at radius 3 is 2.18 bits per heavy atom. The highest BCUT2D eigenvalue weighted by molar-refractivity contribution is 8.02. The Labute approximate surface area is 266 Å². The van der Waals surface area contributed by atoms with E-state index in [4.69, 9.17) is 0 Å². The highest BCUT2D eigenvalue weighted by Crippen LogP contribution is 2.72. The van der Waals surface area contributed by atoms with E-state index in [1.807, 2.05) is 76.2 Å². The Hall–Kier alpha value is -3.36. The average Bonchev–Trinajstić information content (AvgIpc) is 3.56. The number of aryl methyl sites for hydroxylation is 2. The van der Waals surface area contributed by atoms with E-state index in [-0.39, 0.29) is 36.8 Å². The molecule has 2 aromatic rings. The van der Waals surface area contributed by atoms with Crippen molar-refractivity contribution < 1.29 is 19.5 Å². The molecule has 7 nitrogen and oxygen atoms in total. The molecule has 3 aliphatic rings. The zero-order valence-electron chi connectivity index (χ0n) is 26.5. The average molecular weight is 616 g/mol. The highest BCUT2D eigenvalue weighted by Gasteiger charge is 2.78. The summed E-state index contributed by atoms with van der Waals surface area (Å²) in [6, 6.07) is 14.0. The molecule has 44 heavy (non-hydrogen) atoms. The molecule has 2 aromatic carbocycles. The first-order chi connectivity index (χ1) is 21.0. The van der Waals surface area contributed by atoms with Gasteiger partial charge >= 0.3 is 0 Å². The van der Waals surface area contributed by atoms with Gasteiger partial charge in [0.25, 0.3) is 5.91 Å². The zero-order valence-corrected chi connectivity index (χ0v) is 27.3. The van der Waals surface area contributed by atoms with Gasteiger partial charge in [0.05, 0.1) is 29.2 Å². The number of hydrogen-bond acceptors (Lipinski definition) is 5. The number of para-hydroxylation sites is 2. The van der Waals surface area contributed by atoms with Gasteiger partial charge in [-0.2, -0.15) is 0 Å². The van der Waals surface area contributed by atoms with Crippen LogP contribution in [0.15, 0.2) is 73.8 Å². The lowest BCUT2D eigenvalue weighted by atomic mass is 9.66. The molecule has 1 spiro atoms. The van der Waals surface area contributed by atoms with Crippen molar-refractivity contribution >= 4 is 40.9 Å². The Morgan fingerprint density at radius 1 is 1.00 bits per heavy atom. The van der Waals surface area contributed by atoms with E-state index in [1.54, 1.807) is 38.6 Å². The summed E-state index contributed by atoms with van der Waals surface area (Å²) >= 11 is 1.65. The Kier molecular flexibility index (Phi) is 8.89.